The van der Waals surface area contributed by atoms with Crippen LogP contribution < -0.4 is 0 Å². The first kappa shape index (κ1) is 18.7. The fraction of sp³-hybridized carbons (Fsp3) is 0.217. The average Bonchev–Trinajstić information content (AvgIpc) is 3.42. The van der Waals surface area contributed by atoms with Crippen molar-refractivity contribution in [3.05, 3.63) is 75.3 Å². The van der Waals surface area contributed by atoms with Crippen molar-refractivity contribution in [3.8, 4) is 0 Å². The number of aryl methyl sites for hydroxylation is 1. The number of fused-ring (bicyclic) bond motifs is 2. The summed E-state index contributed by atoms with van der Waals surface area (Å²) in [5.74, 6) is 0.334. The van der Waals surface area contributed by atoms with Gasteiger partial charge in [0.05, 0.1) is 16.8 Å². The van der Waals surface area contributed by atoms with E-state index in [1.165, 1.54) is 4.88 Å². The van der Waals surface area contributed by atoms with Gasteiger partial charge < -0.3 is 9.15 Å². The van der Waals surface area contributed by atoms with E-state index in [0.717, 1.165) is 47.0 Å². The summed E-state index contributed by atoms with van der Waals surface area (Å²) < 4.78 is 10.9. The quantitative estimate of drug-likeness (QED) is 0.424. The van der Waals surface area contributed by atoms with E-state index in [1.54, 1.807) is 18.3 Å². The van der Waals surface area contributed by atoms with E-state index in [2.05, 4.69) is 27.7 Å². The van der Waals surface area contributed by atoms with Crippen LogP contribution >= 0.6 is 11.3 Å². The highest BCUT2D eigenvalue weighted by Crippen LogP contribution is 2.36. The highest BCUT2D eigenvalue weighted by molar-refractivity contribution is 7.10. The minimum absolute atomic E-state index is 0.0526. The highest BCUT2D eigenvalue weighted by atomic mass is 32.1. The molecule has 1 aliphatic rings. The van der Waals surface area contributed by atoms with Crippen molar-refractivity contribution >= 4 is 39.9 Å². The maximum Gasteiger partial charge on any atom is 0.339 e. The summed E-state index contributed by atoms with van der Waals surface area (Å²) in [4.78, 5) is 19.3. The molecule has 1 aromatic carbocycles. The van der Waals surface area contributed by atoms with Crippen molar-refractivity contribution in [3.63, 3.8) is 0 Å². The number of rotatable bonds is 4. The van der Waals surface area contributed by atoms with Crippen LogP contribution in [0.1, 0.15) is 51.1 Å². The number of benzene rings is 1. The van der Waals surface area contributed by atoms with Crippen LogP contribution in [0.2, 0.25) is 0 Å². The first-order valence-electron chi connectivity index (χ1n) is 9.81. The zero-order chi connectivity index (χ0) is 20.5. The van der Waals surface area contributed by atoms with Gasteiger partial charge in [0.2, 0.25) is 5.89 Å². The Kier molecular flexibility index (Phi) is 4.88. The fourth-order valence-corrected chi connectivity index (χ4v) is 4.53. The van der Waals surface area contributed by atoms with Gasteiger partial charge in [0.15, 0.2) is 6.61 Å². The zero-order valence-electron chi connectivity index (χ0n) is 16.4. The number of carbonyl (C=O) groups is 1. The molecule has 150 valence electrons. The van der Waals surface area contributed by atoms with Crippen molar-refractivity contribution in [2.45, 2.75) is 32.8 Å². The Morgan fingerprint density at radius 3 is 2.90 bits per heavy atom. The second kappa shape index (κ2) is 7.84. The molecule has 6 nitrogen and oxygen atoms in total. The Labute approximate surface area is 177 Å². The molecule has 0 aliphatic heterocycles. The lowest BCUT2D eigenvalue weighted by Gasteiger charge is -2.22. The van der Waals surface area contributed by atoms with Crippen LogP contribution in [0, 0.1) is 6.92 Å². The van der Waals surface area contributed by atoms with Gasteiger partial charge in [0.25, 0.3) is 5.89 Å². The molecule has 0 saturated heterocycles. The molecule has 0 unspecified atom stereocenters. The van der Waals surface area contributed by atoms with E-state index in [4.69, 9.17) is 14.1 Å². The molecule has 5 rings (SSSR count). The Morgan fingerprint density at radius 2 is 2.10 bits per heavy atom. The third-order valence-electron chi connectivity index (χ3n) is 5.13. The SMILES string of the molecule is Cc1nnc(COC(=O)c2c3c(nc4ccccc24)/C(=C\c2cccs2)CCC3)o1. The molecule has 3 aromatic heterocycles. The summed E-state index contributed by atoms with van der Waals surface area (Å²) >= 11 is 1.69. The number of ether oxygens (including phenoxy) is 1. The summed E-state index contributed by atoms with van der Waals surface area (Å²) in [6.45, 7) is 1.65. The number of esters is 1. The Bertz CT molecular complexity index is 1260. The lowest BCUT2D eigenvalue weighted by molar-refractivity contribution is 0.0437. The van der Waals surface area contributed by atoms with Crippen LogP contribution in [-0.2, 0) is 17.8 Å². The van der Waals surface area contributed by atoms with Crippen molar-refractivity contribution in [1.82, 2.24) is 15.2 Å². The summed E-state index contributed by atoms with van der Waals surface area (Å²) in [7, 11) is 0. The first-order chi connectivity index (χ1) is 14.7. The minimum atomic E-state index is -0.391. The van der Waals surface area contributed by atoms with Gasteiger partial charge >= 0.3 is 5.97 Å². The third kappa shape index (κ3) is 3.52. The standard InChI is InChI=1S/C23H19N3O3S/c1-14-25-26-20(29-14)13-28-23(27)21-17-8-2-3-10-19(17)24-22-15(6-4-9-18(21)22)12-16-7-5-11-30-16/h2-3,5,7-8,10-12H,4,6,9,13H2,1H3/b15-12-. The number of nitrogens with zero attached hydrogens (tertiary/aromatic N) is 3. The van der Waals surface area contributed by atoms with Crippen LogP contribution in [0.4, 0.5) is 0 Å². The number of hydrogen-bond donors (Lipinski definition) is 0. The number of para-hydroxylation sites is 1. The van der Waals surface area contributed by atoms with Crippen molar-refractivity contribution in [2.24, 2.45) is 0 Å². The van der Waals surface area contributed by atoms with E-state index < -0.39 is 5.97 Å². The molecular formula is C23H19N3O3S. The number of pyridine rings is 1. The van der Waals surface area contributed by atoms with Gasteiger partial charge in [-0.1, -0.05) is 24.3 Å². The topological polar surface area (TPSA) is 78.1 Å². The van der Waals surface area contributed by atoms with Crippen LogP contribution in [0.25, 0.3) is 22.6 Å². The molecule has 0 amide bonds. The molecule has 0 N–H and O–H groups in total. The van der Waals surface area contributed by atoms with E-state index >= 15 is 0 Å². The molecule has 0 radical (unpaired) electrons. The first-order valence-corrected chi connectivity index (χ1v) is 10.7. The third-order valence-corrected chi connectivity index (χ3v) is 5.95. The maximum absolute atomic E-state index is 13.2. The van der Waals surface area contributed by atoms with E-state index in [1.807, 2.05) is 30.3 Å². The van der Waals surface area contributed by atoms with Gasteiger partial charge in [-0.25, -0.2) is 9.78 Å². The van der Waals surface area contributed by atoms with Gasteiger partial charge in [-0.2, -0.15) is 0 Å². The summed E-state index contributed by atoms with van der Waals surface area (Å²) in [5, 5.41) is 10.5. The van der Waals surface area contributed by atoms with E-state index in [-0.39, 0.29) is 12.5 Å². The molecule has 30 heavy (non-hydrogen) atoms. The fourth-order valence-electron chi connectivity index (χ4n) is 3.85. The van der Waals surface area contributed by atoms with Crippen LogP contribution in [0.5, 0.6) is 0 Å². The lowest BCUT2D eigenvalue weighted by atomic mass is 9.86. The maximum atomic E-state index is 13.2. The zero-order valence-corrected chi connectivity index (χ0v) is 17.2. The average molecular weight is 417 g/mol. The summed E-state index contributed by atoms with van der Waals surface area (Å²) in [5.41, 5.74) is 4.38. The molecule has 0 spiro atoms. The number of hydrogen-bond acceptors (Lipinski definition) is 7. The van der Waals surface area contributed by atoms with Crippen LogP contribution in [-0.4, -0.2) is 21.2 Å². The molecule has 4 aromatic rings. The van der Waals surface area contributed by atoms with Crippen LogP contribution in [0.3, 0.4) is 0 Å². The second-order valence-electron chi connectivity index (χ2n) is 7.16. The second-order valence-corrected chi connectivity index (χ2v) is 8.14. The highest BCUT2D eigenvalue weighted by Gasteiger charge is 2.26. The predicted octanol–water partition coefficient (Wildman–Crippen LogP) is 5.22. The predicted molar refractivity (Wildman–Crippen MR) is 115 cm³/mol. The molecule has 3 heterocycles. The largest absolute Gasteiger partial charge is 0.452 e. The van der Waals surface area contributed by atoms with Crippen molar-refractivity contribution < 1.29 is 13.9 Å². The van der Waals surface area contributed by atoms with E-state index in [9.17, 15) is 4.79 Å². The Morgan fingerprint density at radius 1 is 1.20 bits per heavy atom. The molecular weight excluding hydrogens is 398 g/mol. The molecule has 1 aliphatic carbocycles. The molecule has 0 atom stereocenters. The van der Waals surface area contributed by atoms with Crippen molar-refractivity contribution in [1.29, 1.82) is 0 Å². The smallest absolute Gasteiger partial charge is 0.339 e. The normalized spacial score (nSPS) is 14.8. The van der Waals surface area contributed by atoms with Gasteiger partial charge in [0, 0.05) is 17.2 Å². The van der Waals surface area contributed by atoms with Crippen molar-refractivity contribution in [2.75, 3.05) is 0 Å². The Hall–Kier alpha value is -3.32. The number of allylic oxidation sites excluding steroid dienone is 1. The van der Waals surface area contributed by atoms with E-state index in [0.29, 0.717) is 11.5 Å². The number of aromatic nitrogens is 3. The van der Waals surface area contributed by atoms with Gasteiger partial charge in [-0.15, -0.1) is 21.5 Å². The Balaban J connectivity index is 1.59. The minimum Gasteiger partial charge on any atom is -0.452 e. The number of thiophene rings is 1. The summed E-state index contributed by atoms with van der Waals surface area (Å²) in [6, 6.07) is 11.8. The molecule has 0 fully saturated rings. The molecule has 0 saturated carbocycles. The monoisotopic (exact) mass is 417 g/mol. The van der Waals surface area contributed by atoms with Crippen LogP contribution in [0.15, 0.2) is 46.2 Å². The van der Waals surface area contributed by atoms with Gasteiger partial charge in [0.1, 0.15) is 0 Å². The number of carbonyl (C=O) groups excluding carboxylic acids is 1. The van der Waals surface area contributed by atoms with Gasteiger partial charge in [-0.05, 0) is 54.0 Å². The molecule has 7 heteroatoms. The van der Waals surface area contributed by atoms with Gasteiger partial charge in [-0.3, -0.25) is 0 Å². The lowest BCUT2D eigenvalue weighted by Crippen LogP contribution is -2.15. The summed E-state index contributed by atoms with van der Waals surface area (Å²) in [6.07, 6.45) is 4.87. The molecule has 0 bridgehead atoms.